The van der Waals surface area contributed by atoms with E-state index < -0.39 is 0 Å². The van der Waals surface area contributed by atoms with Crippen molar-refractivity contribution in [1.82, 2.24) is 4.90 Å². The normalized spacial score (nSPS) is 16.9. The molecule has 1 aromatic carbocycles. The highest BCUT2D eigenvalue weighted by Crippen LogP contribution is 2.36. The van der Waals surface area contributed by atoms with E-state index in [2.05, 4.69) is 26.0 Å². The molecule has 3 heteroatoms. The molecule has 0 aliphatic heterocycles. The molecule has 1 aliphatic rings. The predicted octanol–water partition coefficient (Wildman–Crippen LogP) is 3.58. The SMILES string of the molecule is CCC(CC)N(CCCl)C(=O)C1Cc2ccccc21. The summed E-state index contributed by atoms with van der Waals surface area (Å²) in [7, 11) is 0. The number of alkyl halides is 1. The number of carbonyl (C=O) groups is 1. The van der Waals surface area contributed by atoms with Crippen LogP contribution >= 0.6 is 11.6 Å². The molecule has 1 unspecified atom stereocenters. The Bertz CT molecular complexity index is 442. The number of rotatable bonds is 6. The second kappa shape index (κ2) is 6.42. The van der Waals surface area contributed by atoms with Crippen LogP contribution in [-0.2, 0) is 11.2 Å². The topological polar surface area (TPSA) is 20.3 Å². The molecular formula is C16H22ClNO. The average molecular weight is 280 g/mol. The Hall–Kier alpha value is -1.02. The maximum atomic E-state index is 12.7. The van der Waals surface area contributed by atoms with Gasteiger partial charge in [-0.2, -0.15) is 0 Å². The van der Waals surface area contributed by atoms with Gasteiger partial charge in [0.15, 0.2) is 0 Å². The van der Waals surface area contributed by atoms with Gasteiger partial charge in [-0.25, -0.2) is 0 Å². The summed E-state index contributed by atoms with van der Waals surface area (Å²) in [5, 5.41) is 0. The van der Waals surface area contributed by atoms with Gasteiger partial charge in [-0.1, -0.05) is 38.1 Å². The summed E-state index contributed by atoms with van der Waals surface area (Å²) in [5.41, 5.74) is 2.52. The van der Waals surface area contributed by atoms with Crippen molar-refractivity contribution in [2.24, 2.45) is 0 Å². The van der Waals surface area contributed by atoms with Gasteiger partial charge in [-0.15, -0.1) is 11.6 Å². The highest BCUT2D eigenvalue weighted by molar-refractivity contribution is 6.18. The smallest absolute Gasteiger partial charge is 0.230 e. The van der Waals surface area contributed by atoms with Gasteiger partial charge < -0.3 is 4.90 Å². The summed E-state index contributed by atoms with van der Waals surface area (Å²) in [6.07, 6.45) is 2.87. The fourth-order valence-corrected chi connectivity index (χ4v) is 3.15. The van der Waals surface area contributed by atoms with E-state index in [1.165, 1.54) is 11.1 Å². The Kier molecular flexibility index (Phi) is 4.87. The van der Waals surface area contributed by atoms with Gasteiger partial charge in [-0.3, -0.25) is 4.79 Å². The molecule has 0 N–H and O–H groups in total. The monoisotopic (exact) mass is 279 g/mol. The summed E-state index contributed by atoms with van der Waals surface area (Å²) in [6, 6.07) is 8.56. The van der Waals surface area contributed by atoms with Gasteiger partial charge in [0.25, 0.3) is 0 Å². The molecule has 0 aromatic heterocycles. The Morgan fingerprint density at radius 2 is 2.05 bits per heavy atom. The van der Waals surface area contributed by atoms with Crippen molar-refractivity contribution >= 4 is 17.5 Å². The fourth-order valence-electron chi connectivity index (χ4n) is 2.97. The van der Waals surface area contributed by atoms with Crippen LogP contribution in [0.5, 0.6) is 0 Å². The molecule has 0 fully saturated rings. The van der Waals surface area contributed by atoms with Crippen LogP contribution in [0.2, 0.25) is 0 Å². The summed E-state index contributed by atoms with van der Waals surface area (Å²) >= 11 is 5.87. The van der Waals surface area contributed by atoms with E-state index in [1.54, 1.807) is 0 Å². The lowest BCUT2D eigenvalue weighted by Crippen LogP contribution is -2.45. The maximum Gasteiger partial charge on any atom is 0.230 e. The minimum Gasteiger partial charge on any atom is -0.338 e. The fraction of sp³-hybridized carbons (Fsp3) is 0.562. The summed E-state index contributed by atoms with van der Waals surface area (Å²) in [5.74, 6) is 0.824. The van der Waals surface area contributed by atoms with Crippen LogP contribution in [0.25, 0.3) is 0 Å². The zero-order chi connectivity index (χ0) is 13.8. The van der Waals surface area contributed by atoms with E-state index >= 15 is 0 Å². The summed E-state index contributed by atoms with van der Waals surface area (Å²) < 4.78 is 0. The lowest BCUT2D eigenvalue weighted by atomic mass is 9.76. The molecule has 0 heterocycles. The molecule has 0 saturated heterocycles. The van der Waals surface area contributed by atoms with E-state index in [4.69, 9.17) is 11.6 Å². The van der Waals surface area contributed by atoms with Crippen LogP contribution < -0.4 is 0 Å². The molecular weight excluding hydrogens is 258 g/mol. The average Bonchev–Trinajstić information content (AvgIpc) is 2.40. The van der Waals surface area contributed by atoms with Crippen molar-refractivity contribution < 1.29 is 4.79 Å². The molecule has 0 bridgehead atoms. The second-order valence-corrected chi connectivity index (χ2v) is 5.52. The Labute approximate surface area is 120 Å². The number of hydrogen-bond acceptors (Lipinski definition) is 1. The number of fused-ring (bicyclic) bond motifs is 1. The first kappa shape index (κ1) is 14.4. The molecule has 19 heavy (non-hydrogen) atoms. The molecule has 1 aliphatic carbocycles. The minimum atomic E-state index is 0.0556. The molecule has 0 spiro atoms. The van der Waals surface area contributed by atoms with Crippen LogP contribution in [0.1, 0.15) is 43.7 Å². The number of benzene rings is 1. The lowest BCUT2D eigenvalue weighted by molar-refractivity contribution is -0.135. The van der Waals surface area contributed by atoms with E-state index in [0.29, 0.717) is 18.5 Å². The van der Waals surface area contributed by atoms with Gasteiger partial charge in [0.2, 0.25) is 5.91 Å². The number of nitrogens with zero attached hydrogens (tertiary/aromatic N) is 1. The van der Waals surface area contributed by atoms with E-state index in [1.807, 2.05) is 17.0 Å². The van der Waals surface area contributed by atoms with Crippen molar-refractivity contribution in [3.63, 3.8) is 0 Å². The number of hydrogen-bond donors (Lipinski definition) is 0. The van der Waals surface area contributed by atoms with Crippen LogP contribution in [-0.4, -0.2) is 29.3 Å². The largest absolute Gasteiger partial charge is 0.338 e. The van der Waals surface area contributed by atoms with Crippen molar-refractivity contribution in [3.8, 4) is 0 Å². The molecule has 0 saturated carbocycles. The standard InChI is InChI=1S/C16H22ClNO/c1-3-13(4-2)18(10-9-17)16(19)15-11-12-7-5-6-8-14(12)15/h5-8,13,15H,3-4,9-11H2,1-2H3. The van der Waals surface area contributed by atoms with Crippen molar-refractivity contribution in [1.29, 1.82) is 0 Å². The molecule has 1 aromatic rings. The quantitative estimate of drug-likeness (QED) is 0.729. The summed E-state index contributed by atoms with van der Waals surface area (Å²) in [6.45, 7) is 4.93. The van der Waals surface area contributed by atoms with Gasteiger partial charge in [-0.05, 0) is 30.4 Å². The molecule has 1 amide bonds. The zero-order valence-corrected chi connectivity index (χ0v) is 12.5. The van der Waals surface area contributed by atoms with Crippen molar-refractivity contribution in [2.45, 2.75) is 45.1 Å². The number of carbonyl (C=O) groups excluding carboxylic acids is 1. The molecule has 2 rings (SSSR count). The van der Waals surface area contributed by atoms with E-state index in [-0.39, 0.29) is 11.8 Å². The molecule has 1 atom stereocenters. The van der Waals surface area contributed by atoms with Crippen LogP contribution in [0.3, 0.4) is 0 Å². The van der Waals surface area contributed by atoms with Gasteiger partial charge in [0.1, 0.15) is 0 Å². The highest BCUT2D eigenvalue weighted by atomic mass is 35.5. The maximum absolute atomic E-state index is 12.7. The Balaban J connectivity index is 2.13. The number of amides is 1. The minimum absolute atomic E-state index is 0.0556. The first-order chi connectivity index (χ1) is 9.22. The zero-order valence-electron chi connectivity index (χ0n) is 11.7. The third kappa shape index (κ3) is 2.79. The van der Waals surface area contributed by atoms with Crippen molar-refractivity contribution in [3.05, 3.63) is 35.4 Å². The first-order valence-corrected chi connectivity index (χ1v) is 7.70. The van der Waals surface area contributed by atoms with Crippen molar-refractivity contribution in [2.75, 3.05) is 12.4 Å². The molecule has 2 nitrogen and oxygen atoms in total. The summed E-state index contributed by atoms with van der Waals surface area (Å²) in [4.78, 5) is 14.7. The van der Waals surface area contributed by atoms with Crippen LogP contribution in [0.15, 0.2) is 24.3 Å². The Morgan fingerprint density at radius 3 is 2.63 bits per heavy atom. The van der Waals surface area contributed by atoms with E-state index in [0.717, 1.165) is 19.3 Å². The van der Waals surface area contributed by atoms with Crippen LogP contribution in [0, 0.1) is 0 Å². The Morgan fingerprint density at radius 1 is 1.37 bits per heavy atom. The molecule has 104 valence electrons. The predicted molar refractivity (Wildman–Crippen MR) is 79.7 cm³/mol. The second-order valence-electron chi connectivity index (χ2n) is 5.15. The molecule has 0 radical (unpaired) electrons. The van der Waals surface area contributed by atoms with Crippen LogP contribution in [0.4, 0.5) is 0 Å². The van der Waals surface area contributed by atoms with Gasteiger partial charge >= 0.3 is 0 Å². The third-order valence-corrected chi connectivity index (χ3v) is 4.31. The lowest BCUT2D eigenvalue weighted by Gasteiger charge is -2.37. The number of halogens is 1. The van der Waals surface area contributed by atoms with Gasteiger partial charge in [0, 0.05) is 18.5 Å². The third-order valence-electron chi connectivity index (χ3n) is 4.14. The first-order valence-electron chi connectivity index (χ1n) is 7.17. The van der Waals surface area contributed by atoms with Gasteiger partial charge in [0.05, 0.1) is 5.92 Å². The highest BCUT2D eigenvalue weighted by Gasteiger charge is 2.36. The van der Waals surface area contributed by atoms with E-state index in [9.17, 15) is 4.79 Å².